The lowest BCUT2D eigenvalue weighted by Crippen LogP contribution is -2.35. The third-order valence-corrected chi connectivity index (χ3v) is 3.99. The number of aryl methyl sites for hydroxylation is 1. The van der Waals surface area contributed by atoms with Crippen molar-refractivity contribution in [1.82, 2.24) is 5.43 Å². The van der Waals surface area contributed by atoms with E-state index in [1.807, 2.05) is 0 Å². The van der Waals surface area contributed by atoms with Crippen LogP contribution >= 0.6 is 0 Å². The van der Waals surface area contributed by atoms with E-state index in [9.17, 15) is 0 Å². The number of nitrogens with one attached hydrogen (secondary N) is 1. The van der Waals surface area contributed by atoms with E-state index in [2.05, 4.69) is 41.8 Å². The van der Waals surface area contributed by atoms with Crippen molar-refractivity contribution in [3.05, 3.63) is 47.5 Å². The first-order valence-corrected chi connectivity index (χ1v) is 7.56. The Balaban J connectivity index is 1.71. The predicted octanol–water partition coefficient (Wildman–Crippen LogP) is 3.73. The van der Waals surface area contributed by atoms with Gasteiger partial charge in [-0.1, -0.05) is 42.0 Å². The lowest BCUT2D eigenvalue weighted by molar-refractivity contribution is 0.464. The molecule has 104 valence electrons. The van der Waals surface area contributed by atoms with Gasteiger partial charge in [-0.05, 0) is 56.9 Å². The Morgan fingerprint density at radius 3 is 2.68 bits per heavy atom. The number of hydrogen-bond acceptors (Lipinski definition) is 2. The summed E-state index contributed by atoms with van der Waals surface area (Å²) in [5, 5.41) is 0. The molecule has 0 aliphatic heterocycles. The molecule has 1 aromatic carbocycles. The van der Waals surface area contributed by atoms with Crippen molar-refractivity contribution in [3.63, 3.8) is 0 Å². The second-order valence-electron chi connectivity index (χ2n) is 5.55. The molecule has 0 radical (unpaired) electrons. The minimum Gasteiger partial charge on any atom is -0.271 e. The Morgan fingerprint density at radius 2 is 2.00 bits per heavy atom. The summed E-state index contributed by atoms with van der Waals surface area (Å²) in [7, 11) is 0. The van der Waals surface area contributed by atoms with Gasteiger partial charge in [-0.2, -0.15) is 0 Å². The fraction of sp³-hybridized carbons (Fsp3) is 0.529. The molecule has 0 saturated heterocycles. The standard InChI is InChI=1S/C17H26N2/c18-19-17(14-16-10-5-2-6-11-16)13-7-12-15-8-3-1-4-9-15/h1,3-4,8-10,17,19H,2,5-7,11-14,18H2. The van der Waals surface area contributed by atoms with Gasteiger partial charge in [0.15, 0.2) is 0 Å². The summed E-state index contributed by atoms with van der Waals surface area (Å²) < 4.78 is 0. The molecule has 1 atom stereocenters. The van der Waals surface area contributed by atoms with Gasteiger partial charge in [-0.25, -0.2) is 0 Å². The third-order valence-electron chi connectivity index (χ3n) is 3.99. The minimum absolute atomic E-state index is 0.438. The molecule has 3 N–H and O–H groups in total. The molecule has 0 heterocycles. The first kappa shape index (κ1) is 14.3. The zero-order valence-electron chi connectivity index (χ0n) is 11.8. The minimum atomic E-state index is 0.438. The van der Waals surface area contributed by atoms with Crippen molar-refractivity contribution in [2.75, 3.05) is 0 Å². The zero-order valence-corrected chi connectivity index (χ0v) is 11.8. The number of allylic oxidation sites excluding steroid dienone is 1. The second kappa shape index (κ2) is 8.13. The summed E-state index contributed by atoms with van der Waals surface area (Å²) in [5.74, 6) is 5.69. The maximum atomic E-state index is 5.69. The van der Waals surface area contributed by atoms with Crippen LogP contribution in [0.2, 0.25) is 0 Å². The van der Waals surface area contributed by atoms with E-state index in [0.29, 0.717) is 6.04 Å². The van der Waals surface area contributed by atoms with Crippen molar-refractivity contribution >= 4 is 0 Å². The molecule has 0 amide bonds. The quantitative estimate of drug-likeness (QED) is 0.444. The molecule has 2 heteroatoms. The zero-order chi connectivity index (χ0) is 13.3. The first-order chi connectivity index (χ1) is 9.38. The second-order valence-corrected chi connectivity index (χ2v) is 5.55. The molecule has 1 unspecified atom stereocenters. The van der Waals surface area contributed by atoms with Gasteiger partial charge in [0.05, 0.1) is 0 Å². The van der Waals surface area contributed by atoms with Gasteiger partial charge < -0.3 is 0 Å². The Morgan fingerprint density at radius 1 is 1.16 bits per heavy atom. The summed E-state index contributed by atoms with van der Waals surface area (Å²) in [6.45, 7) is 0. The van der Waals surface area contributed by atoms with Gasteiger partial charge in [0, 0.05) is 6.04 Å². The van der Waals surface area contributed by atoms with Gasteiger partial charge in [0.1, 0.15) is 0 Å². The Hall–Kier alpha value is -1.12. The van der Waals surface area contributed by atoms with Crippen LogP contribution in [-0.2, 0) is 6.42 Å². The molecule has 2 rings (SSSR count). The monoisotopic (exact) mass is 258 g/mol. The highest BCUT2D eigenvalue weighted by Crippen LogP contribution is 2.22. The lowest BCUT2D eigenvalue weighted by atomic mass is 9.92. The SMILES string of the molecule is NNC(CCCc1ccccc1)CC1=CCCCC1. The highest BCUT2D eigenvalue weighted by molar-refractivity contribution is 5.14. The van der Waals surface area contributed by atoms with Crippen LogP contribution in [0.5, 0.6) is 0 Å². The summed E-state index contributed by atoms with van der Waals surface area (Å²) in [6.07, 6.45) is 12.3. The van der Waals surface area contributed by atoms with Crippen LogP contribution in [-0.4, -0.2) is 6.04 Å². The number of benzene rings is 1. The van der Waals surface area contributed by atoms with Crippen LogP contribution in [0.25, 0.3) is 0 Å². The van der Waals surface area contributed by atoms with Gasteiger partial charge in [0.2, 0.25) is 0 Å². The molecule has 2 nitrogen and oxygen atoms in total. The van der Waals surface area contributed by atoms with Crippen molar-refractivity contribution in [2.24, 2.45) is 5.84 Å². The maximum Gasteiger partial charge on any atom is 0.0247 e. The average Bonchev–Trinajstić information content (AvgIpc) is 2.48. The highest BCUT2D eigenvalue weighted by Gasteiger charge is 2.11. The van der Waals surface area contributed by atoms with Crippen LogP contribution in [0.4, 0.5) is 0 Å². The molecule has 19 heavy (non-hydrogen) atoms. The Bertz CT molecular complexity index is 384. The van der Waals surface area contributed by atoms with E-state index < -0.39 is 0 Å². The Labute approximate surface area is 117 Å². The van der Waals surface area contributed by atoms with Crippen LogP contribution < -0.4 is 11.3 Å². The number of hydrazine groups is 1. The lowest BCUT2D eigenvalue weighted by Gasteiger charge is -2.20. The molecule has 1 aromatic rings. The molecule has 0 saturated carbocycles. The van der Waals surface area contributed by atoms with E-state index in [1.165, 1.54) is 37.7 Å². The van der Waals surface area contributed by atoms with Crippen LogP contribution in [0.1, 0.15) is 50.5 Å². The summed E-state index contributed by atoms with van der Waals surface area (Å²) in [4.78, 5) is 0. The summed E-state index contributed by atoms with van der Waals surface area (Å²) in [5.41, 5.74) is 6.03. The van der Waals surface area contributed by atoms with Gasteiger partial charge >= 0.3 is 0 Å². The number of nitrogens with two attached hydrogens (primary N) is 1. The predicted molar refractivity (Wildman–Crippen MR) is 81.7 cm³/mol. The van der Waals surface area contributed by atoms with Crippen molar-refractivity contribution < 1.29 is 0 Å². The average molecular weight is 258 g/mol. The maximum absolute atomic E-state index is 5.69. The molecule has 1 aliphatic carbocycles. The molecule has 1 aliphatic rings. The third kappa shape index (κ3) is 5.17. The van der Waals surface area contributed by atoms with Gasteiger partial charge in [0.25, 0.3) is 0 Å². The van der Waals surface area contributed by atoms with Gasteiger partial charge in [-0.15, -0.1) is 0 Å². The fourth-order valence-corrected chi connectivity index (χ4v) is 2.85. The van der Waals surface area contributed by atoms with Gasteiger partial charge in [-0.3, -0.25) is 11.3 Å². The first-order valence-electron chi connectivity index (χ1n) is 7.56. The topological polar surface area (TPSA) is 38.0 Å². The molecule has 0 aromatic heterocycles. The molecular weight excluding hydrogens is 232 g/mol. The number of rotatable bonds is 7. The van der Waals surface area contributed by atoms with E-state index in [4.69, 9.17) is 5.84 Å². The smallest absolute Gasteiger partial charge is 0.0247 e. The summed E-state index contributed by atoms with van der Waals surface area (Å²) in [6, 6.07) is 11.1. The number of hydrogen-bond donors (Lipinski definition) is 2. The van der Waals surface area contributed by atoms with Crippen LogP contribution in [0.15, 0.2) is 42.0 Å². The van der Waals surface area contributed by atoms with E-state index in [0.717, 1.165) is 19.3 Å². The molecular formula is C17H26N2. The summed E-state index contributed by atoms with van der Waals surface area (Å²) >= 11 is 0. The Kier molecular flexibility index (Phi) is 6.12. The van der Waals surface area contributed by atoms with Crippen LogP contribution in [0, 0.1) is 0 Å². The highest BCUT2D eigenvalue weighted by atomic mass is 15.2. The molecule has 0 spiro atoms. The van der Waals surface area contributed by atoms with E-state index >= 15 is 0 Å². The van der Waals surface area contributed by atoms with Crippen LogP contribution in [0.3, 0.4) is 0 Å². The van der Waals surface area contributed by atoms with E-state index in [-0.39, 0.29) is 0 Å². The largest absolute Gasteiger partial charge is 0.271 e. The molecule has 0 fully saturated rings. The van der Waals surface area contributed by atoms with Crippen molar-refractivity contribution in [2.45, 2.75) is 57.4 Å². The van der Waals surface area contributed by atoms with E-state index in [1.54, 1.807) is 5.57 Å². The molecule has 0 bridgehead atoms. The van der Waals surface area contributed by atoms with Crippen molar-refractivity contribution in [1.29, 1.82) is 0 Å². The normalized spacial score (nSPS) is 17.0. The van der Waals surface area contributed by atoms with Crippen molar-refractivity contribution in [3.8, 4) is 0 Å². The fourth-order valence-electron chi connectivity index (χ4n) is 2.85.